The van der Waals surface area contributed by atoms with Crippen molar-refractivity contribution in [2.45, 2.75) is 6.18 Å². The summed E-state index contributed by atoms with van der Waals surface area (Å²) in [5, 5.41) is -1.39. The van der Waals surface area contributed by atoms with E-state index >= 15 is 0 Å². The smallest absolute Gasteiger partial charge is 0.232 e. The van der Waals surface area contributed by atoms with Crippen molar-refractivity contribution in [2.75, 3.05) is 0 Å². The summed E-state index contributed by atoms with van der Waals surface area (Å²) in [7, 11) is 0. The van der Waals surface area contributed by atoms with Crippen molar-refractivity contribution in [1.82, 2.24) is 0 Å². The van der Waals surface area contributed by atoms with Crippen LogP contribution >= 0.6 is 11.6 Å². The summed E-state index contributed by atoms with van der Waals surface area (Å²) >= 11 is 5.25. The highest BCUT2D eigenvalue weighted by Crippen LogP contribution is 2.26. The second-order valence-corrected chi connectivity index (χ2v) is 4.56. The van der Waals surface area contributed by atoms with Crippen molar-refractivity contribution in [1.29, 1.82) is 0 Å². The molecule has 0 N–H and O–H groups in total. The van der Waals surface area contributed by atoms with Gasteiger partial charge in [-0.15, -0.1) is 0 Å². The van der Waals surface area contributed by atoms with Crippen molar-refractivity contribution in [3.05, 3.63) is 71.8 Å². The highest BCUT2D eigenvalue weighted by Gasteiger charge is 2.34. The highest BCUT2D eigenvalue weighted by molar-refractivity contribution is 6.67. The Morgan fingerprint density at radius 2 is 1.43 bits per heavy atom. The number of benzene rings is 2. The van der Waals surface area contributed by atoms with Gasteiger partial charge in [0.1, 0.15) is 0 Å². The van der Waals surface area contributed by atoms with Gasteiger partial charge in [-0.25, -0.2) is 4.99 Å². The van der Waals surface area contributed by atoms with Gasteiger partial charge in [0.2, 0.25) is 5.17 Å². The fourth-order valence-corrected chi connectivity index (χ4v) is 1.76. The molecular formula is C16H11ClF3N. The molecule has 0 aliphatic carbocycles. The first kappa shape index (κ1) is 15.3. The molecule has 0 amide bonds. The van der Waals surface area contributed by atoms with Gasteiger partial charge in [-0.05, 0) is 11.6 Å². The summed E-state index contributed by atoms with van der Waals surface area (Å²) in [5.74, 6) is 0. The molecule has 0 fully saturated rings. The van der Waals surface area contributed by atoms with Crippen LogP contribution in [-0.4, -0.2) is 11.3 Å². The SMILES string of the molecule is FC(F)(F)/C(Cl)=N\C(=C/c1ccccc1)c1ccccc1. The number of rotatable bonds is 3. The molecule has 0 atom stereocenters. The van der Waals surface area contributed by atoms with Gasteiger partial charge in [-0.1, -0.05) is 72.3 Å². The van der Waals surface area contributed by atoms with Crippen LogP contribution in [-0.2, 0) is 0 Å². The molecule has 0 bridgehead atoms. The van der Waals surface area contributed by atoms with Gasteiger partial charge in [-0.2, -0.15) is 13.2 Å². The van der Waals surface area contributed by atoms with Crippen molar-refractivity contribution in [3.8, 4) is 0 Å². The quantitative estimate of drug-likeness (QED) is 0.533. The lowest BCUT2D eigenvalue weighted by molar-refractivity contribution is -0.0558. The van der Waals surface area contributed by atoms with Crippen LogP contribution < -0.4 is 0 Å². The third kappa shape index (κ3) is 4.46. The van der Waals surface area contributed by atoms with Crippen molar-refractivity contribution < 1.29 is 13.2 Å². The average molecular weight is 310 g/mol. The van der Waals surface area contributed by atoms with Crippen LogP contribution in [0.5, 0.6) is 0 Å². The third-order valence-electron chi connectivity index (χ3n) is 2.63. The molecule has 0 heterocycles. The summed E-state index contributed by atoms with van der Waals surface area (Å²) in [6.45, 7) is 0. The minimum absolute atomic E-state index is 0.157. The minimum atomic E-state index is -4.66. The van der Waals surface area contributed by atoms with E-state index in [1.807, 2.05) is 6.07 Å². The molecule has 0 saturated heterocycles. The molecular weight excluding hydrogens is 299 g/mol. The van der Waals surface area contributed by atoms with E-state index in [4.69, 9.17) is 11.6 Å². The first-order chi connectivity index (χ1) is 9.97. The molecule has 21 heavy (non-hydrogen) atoms. The van der Waals surface area contributed by atoms with Crippen LogP contribution in [0.3, 0.4) is 0 Å². The molecule has 2 aromatic rings. The van der Waals surface area contributed by atoms with Gasteiger partial charge in [0.25, 0.3) is 0 Å². The number of hydrogen-bond acceptors (Lipinski definition) is 1. The molecule has 0 unspecified atom stereocenters. The Morgan fingerprint density at radius 3 is 1.95 bits per heavy atom. The fraction of sp³-hybridized carbons (Fsp3) is 0.0625. The Kier molecular flexibility index (Phi) is 4.81. The first-order valence-corrected chi connectivity index (χ1v) is 6.48. The fourth-order valence-electron chi connectivity index (χ4n) is 1.67. The van der Waals surface area contributed by atoms with Crippen LogP contribution in [0.4, 0.5) is 13.2 Å². The first-order valence-electron chi connectivity index (χ1n) is 6.10. The molecule has 0 radical (unpaired) electrons. The van der Waals surface area contributed by atoms with Gasteiger partial charge in [0.15, 0.2) is 0 Å². The number of aliphatic imine (C=N–C) groups is 1. The zero-order valence-corrected chi connectivity index (χ0v) is 11.6. The average Bonchev–Trinajstić information content (AvgIpc) is 2.47. The van der Waals surface area contributed by atoms with E-state index in [1.165, 1.54) is 0 Å². The van der Waals surface area contributed by atoms with Crippen LogP contribution in [0.25, 0.3) is 11.8 Å². The Hall–Kier alpha value is -2.07. The molecule has 0 saturated carbocycles. The topological polar surface area (TPSA) is 12.4 Å². The van der Waals surface area contributed by atoms with Crippen LogP contribution in [0.2, 0.25) is 0 Å². The zero-order valence-electron chi connectivity index (χ0n) is 10.8. The van der Waals surface area contributed by atoms with E-state index < -0.39 is 11.3 Å². The molecule has 2 aromatic carbocycles. The standard InChI is InChI=1S/C16H11ClF3N/c17-15(16(18,19)20)21-14(13-9-5-2-6-10-13)11-12-7-3-1-4-8-12/h1-11H/b14-11-,21-15+. The van der Waals surface area contributed by atoms with Gasteiger partial charge >= 0.3 is 6.18 Å². The third-order valence-corrected chi connectivity index (χ3v) is 2.92. The normalized spacial score (nSPS) is 13.3. The van der Waals surface area contributed by atoms with E-state index in [2.05, 4.69) is 4.99 Å². The predicted octanol–water partition coefficient (Wildman–Crippen LogP) is 5.38. The summed E-state index contributed by atoms with van der Waals surface area (Å²) < 4.78 is 37.7. The number of halogens is 4. The lowest BCUT2D eigenvalue weighted by Gasteiger charge is -2.07. The molecule has 5 heteroatoms. The van der Waals surface area contributed by atoms with Gasteiger partial charge < -0.3 is 0 Å². The minimum Gasteiger partial charge on any atom is -0.232 e. The number of hydrogen-bond donors (Lipinski definition) is 0. The summed E-state index contributed by atoms with van der Waals surface area (Å²) in [6, 6.07) is 17.6. The lowest BCUT2D eigenvalue weighted by atomic mass is 10.1. The second kappa shape index (κ2) is 6.59. The molecule has 0 aliphatic heterocycles. The molecule has 2 rings (SSSR count). The van der Waals surface area contributed by atoms with E-state index in [0.29, 0.717) is 5.56 Å². The monoisotopic (exact) mass is 309 g/mol. The summed E-state index contributed by atoms with van der Waals surface area (Å²) in [4.78, 5) is 3.53. The largest absolute Gasteiger partial charge is 0.444 e. The molecule has 0 aromatic heterocycles. The Bertz CT molecular complexity index is 646. The second-order valence-electron chi connectivity index (χ2n) is 4.21. The van der Waals surface area contributed by atoms with Gasteiger partial charge in [-0.3, -0.25) is 0 Å². The number of nitrogens with zero attached hydrogens (tertiary/aromatic N) is 1. The highest BCUT2D eigenvalue weighted by atomic mass is 35.5. The molecule has 1 nitrogen and oxygen atoms in total. The molecule has 0 aliphatic rings. The van der Waals surface area contributed by atoms with E-state index in [9.17, 15) is 13.2 Å². The maximum Gasteiger partial charge on any atom is 0.444 e. The van der Waals surface area contributed by atoms with Crippen LogP contribution in [0.15, 0.2) is 65.7 Å². The van der Waals surface area contributed by atoms with Crippen molar-refractivity contribution >= 4 is 28.5 Å². The van der Waals surface area contributed by atoms with Crippen molar-refractivity contribution in [3.63, 3.8) is 0 Å². The molecule has 0 spiro atoms. The van der Waals surface area contributed by atoms with Crippen LogP contribution in [0, 0.1) is 0 Å². The van der Waals surface area contributed by atoms with Gasteiger partial charge in [0.05, 0.1) is 5.70 Å². The number of alkyl halides is 3. The maximum atomic E-state index is 12.6. The predicted molar refractivity (Wildman–Crippen MR) is 80.1 cm³/mol. The van der Waals surface area contributed by atoms with E-state index in [-0.39, 0.29) is 5.70 Å². The summed E-state index contributed by atoms with van der Waals surface area (Å²) in [6.07, 6.45) is -3.10. The zero-order chi connectivity index (χ0) is 15.3. The maximum absolute atomic E-state index is 12.6. The van der Waals surface area contributed by atoms with Crippen molar-refractivity contribution in [2.24, 2.45) is 4.99 Å². The summed E-state index contributed by atoms with van der Waals surface area (Å²) in [5.41, 5.74) is 1.46. The Morgan fingerprint density at radius 1 is 0.905 bits per heavy atom. The molecule has 108 valence electrons. The van der Waals surface area contributed by atoms with Crippen LogP contribution in [0.1, 0.15) is 11.1 Å². The lowest BCUT2D eigenvalue weighted by Crippen LogP contribution is -2.17. The Labute approximate surface area is 125 Å². The van der Waals surface area contributed by atoms with E-state index in [1.54, 1.807) is 60.7 Å². The van der Waals surface area contributed by atoms with E-state index in [0.717, 1.165) is 5.56 Å². The Balaban J connectivity index is 2.49. The van der Waals surface area contributed by atoms with Gasteiger partial charge in [0, 0.05) is 5.56 Å².